The van der Waals surface area contributed by atoms with Crippen molar-refractivity contribution in [3.05, 3.63) is 114 Å². The van der Waals surface area contributed by atoms with Crippen LogP contribution in [0.1, 0.15) is 34.6 Å². The Morgan fingerprint density at radius 1 is 0.912 bits per heavy atom. The predicted octanol–water partition coefficient (Wildman–Crippen LogP) is 6.38. The third-order valence-corrected chi connectivity index (χ3v) is 6.23. The molecule has 1 N–H and O–H groups in total. The normalized spacial score (nSPS) is 18.2. The molecular weight excluding hydrogens is 457 g/mol. The van der Waals surface area contributed by atoms with E-state index in [1.54, 1.807) is 23.0 Å². The Morgan fingerprint density at radius 3 is 2.44 bits per heavy atom. The van der Waals surface area contributed by atoms with Crippen LogP contribution in [0.3, 0.4) is 0 Å². The van der Waals surface area contributed by atoms with Gasteiger partial charge in [-0.3, -0.25) is 4.98 Å². The van der Waals surface area contributed by atoms with Crippen molar-refractivity contribution in [1.82, 2.24) is 14.9 Å². The fourth-order valence-electron chi connectivity index (χ4n) is 4.41. The quantitative estimate of drug-likeness (QED) is 0.345. The first-order chi connectivity index (χ1) is 16.3. The molecule has 5 rings (SSSR count). The minimum absolute atomic E-state index is 0.298. The molecule has 0 spiro atoms. The highest BCUT2D eigenvalue weighted by atomic mass is 32.1. The number of halogens is 3. The molecule has 0 aliphatic carbocycles. The average Bonchev–Trinajstić information content (AvgIpc) is 3.43. The highest BCUT2D eigenvalue weighted by Gasteiger charge is 2.42. The van der Waals surface area contributed by atoms with Gasteiger partial charge in [0.15, 0.2) is 5.11 Å². The molecule has 1 fully saturated rings. The van der Waals surface area contributed by atoms with Crippen molar-refractivity contribution in [3.8, 4) is 5.69 Å². The van der Waals surface area contributed by atoms with Crippen molar-refractivity contribution in [2.24, 2.45) is 0 Å². The van der Waals surface area contributed by atoms with E-state index in [-0.39, 0.29) is 12.1 Å². The summed E-state index contributed by atoms with van der Waals surface area (Å²) in [6, 6.07) is 22.1. The zero-order chi connectivity index (χ0) is 23.9. The zero-order valence-corrected chi connectivity index (χ0v) is 19.0. The van der Waals surface area contributed by atoms with Gasteiger partial charge in [-0.1, -0.05) is 24.3 Å². The molecule has 4 nitrogen and oxygen atoms in total. The van der Waals surface area contributed by atoms with Crippen LogP contribution in [0.25, 0.3) is 5.69 Å². The molecule has 2 aromatic carbocycles. The molecule has 1 aliphatic heterocycles. The fourth-order valence-corrected chi connectivity index (χ4v) is 4.76. The lowest BCUT2D eigenvalue weighted by Crippen LogP contribution is -2.30. The van der Waals surface area contributed by atoms with Crippen molar-refractivity contribution < 1.29 is 13.2 Å². The molecule has 1 saturated heterocycles. The number of pyridine rings is 1. The maximum atomic E-state index is 13.4. The molecular formula is C26H21F3N4S. The van der Waals surface area contributed by atoms with Gasteiger partial charge in [0.25, 0.3) is 0 Å². The first-order valence-corrected chi connectivity index (χ1v) is 11.2. The lowest BCUT2D eigenvalue weighted by atomic mass is 10.0. The van der Waals surface area contributed by atoms with Crippen LogP contribution in [-0.2, 0) is 6.18 Å². The van der Waals surface area contributed by atoms with Crippen LogP contribution in [0.5, 0.6) is 0 Å². The molecule has 3 heterocycles. The van der Waals surface area contributed by atoms with E-state index < -0.39 is 11.7 Å². The first kappa shape index (κ1) is 22.2. The second-order valence-electron chi connectivity index (χ2n) is 8.19. The van der Waals surface area contributed by atoms with Crippen molar-refractivity contribution in [2.45, 2.75) is 25.2 Å². The molecule has 8 heteroatoms. The lowest BCUT2D eigenvalue weighted by molar-refractivity contribution is -0.137. The van der Waals surface area contributed by atoms with Gasteiger partial charge in [0.2, 0.25) is 0 Å². The van der Waals surface area contributed by atoms with Gasteiger partial charge in [0, 0.05) is 29.5 Å². The minimum atomic E-state index is -4.43. The van der Waals surface area contributed by atoms with E-state index in [0.717, 1.165) is 34.8 Å². The standard InChI is InChI=1S/C26H21F3N4S/c1-17-7-4-10-20(15-17)33-24(23(31-25(33)34)21-11-2-3-13-30-21)22-12-6-14-32(22)19-9-5-8-18(16-19)26(27,28)29/h2-16,23-24H,1H3,(H,31,34)/t23-,24-/m1/s1. The minimum Gasteiger partial charge on any atom is -0.351 e. The first-order valence-electron chi connectivity index (χ1n) is 10.7. The molecule has 0 bridgehead atoms. The number of nitrogens with zero attached hydrogens (tertiary/aromatic N) is 3. The number of nitrogens with one attached hydrogen (secondary N) is 1. The SMILES string of the molecule is Cc1cccc(N2C(=S)N[C@H](c3ccccn3)[C@H]2c2cccn2-c2cccc(C(F)(F)F)c2)c1. The number of aromatic nitrogens is 2. The fraction of sp³-hybridized carbons (Fsp3) is 0.154. The summed E-state index contributed by atoms with van der Waals surface area (Å²) in [6.07, 6.45) is -0.932. The number of anilines is 1. The monoisotopic (exact) mass is 478 g/mol. The van der Waals surface area contributed by atoms with E-state index in [4.69, 9.17) is 12.2 Å². The van der Waals surface area contributed by atoms with Crippen molar-refractivity contribution in [1.29, 1.82) is 0 Å². The van der Waals surface area contributed by atoms with E-state index in [1.165, 1.54) is 6.07 Å². The Bertz CT molecular complexity index is 1330. The Hall–Kier alpha value is -3.65. The summed E-state index contributed by atoms with van der Waals surface area (Å²) in [5.41, 5.74) is 3.30. The summed E-state index contributed by atoms with van der Waals surface area (Å²) in [5, 5.41) is 3.92. The number of thiocarbonyl (C=S) groups is 1. The highest BCUT2D eigenvalue weighted by molar-refractivity contribution is 7.80. The third kappa shape index (κ3) is 4.05. The predicted molar refractivity (Wildman–Crippen MR) is 130 cm³/mol. The van der Waals surface area contributed by atoms with Crippen LogP contribution in [0.2, 0.25) is 0 Å². The second kappa shape index (κ2) is 8.61. The van der Waals surface area contributed by atoms with Gasteiger partial charge >= 0.3 is 6.18 Å². The third-order valence-electron chi connectivity index (χ3n) is 5.91. The van der Waals surface area contributed by atoms with Gasteiger partial charge in [-0.2, -0.15) is 13.2 Å². The number of alkyl halides is 3. The van der Waals surface area contributed by atoms with E-state index >= 15 is 0 Å². The van der Waals surface area contributed by atoms with Gasteiger partial charge in [-0.25, -0.2) is 0 Å². The summed E-state index contributed by atoms with van der Waals surface area (Å²) < 4.78 is 42.0. The van der Waals surface area contributed by atoms with Gasteiger partial charge < -0.3 is 14.8 Å². The molecule has 172 valence electrons. The number of hydrogen-bond donors (Lipinski definition) is 1. The van der Waals surface area contributed by atoms with Gasteiger partial charge in [0.1, 0.15) is 6.04 Å². The lowest BCUT2D eigenvalue weighted by Gasteiger charge is -2.29. The molecule has 2 atom stereocenters. The van der Waals surface area contributed by atoms with E-state index in [2.05, 4.69) is 10.3 Å². The molecule has 0 radical (unpaired) electrons. The second-order valence-corrected chi connectivity index (χ2v) is 8.57. The number of hydrogen-bond acceptors (Lipinski definition) is 2. The Labute approximate surface area is 200 Å². The largest absolute Gasteiger partial charge is 0.416 e. The van der Waals surface area contributed by atoms with Gasteiger partial charge in [-0.15, -0.1) is 0 Å². The van der Waals surface area contributed by atoms with Crippen molar-refractivity contribution in [3.63, 3.8) is 0 Å². The Balaban J connectivity index is 1.67. The average molecular weight is 479 g/mol. The van der Waals surface area contributed by atoms with Crippen LogP contribution in [0.15, 0.2) is 91.3 Å². The number of rotatable bonds is 4. The maximum absolute atomic E-state index is 13.4. The zero-order valence-electron chi connectivity index (χ0n) is 18.2. The molecule has 0 saturated carbocycles. The number of aryl methyl sites for hydroxylation is 1. The van der Waals surface area contributed by atoms with Crippen LogP contribution in [0.4, 0.5) is 18.9 Å². The van der Waals surface area contributed by atoms with Crippen molar-refractivity contribution >= 4 is 23.0 Å². The summed E-state index contributed by atoms with van der Waals surface area (Å²) >= 11 is 5.75. The summed E-state index contributed by atoms with van der Waals surface area (Å²) in [7, 11) is 0. The molecule has 1 aliphatic rings. The maximum Gasteiger partial charge on any atom is 0.416 e. The smallest absolute Gasteiger partial charge is 0.351 e. The van der Waals surface area contributed by atoms with E-state index in [9.17, 15) is 13.2 Å². The summed E-state index contributed by atoms with van der Waals surface area (Å²) in [5.74, 6) is 0. The van der Waals surface area contributed by atoms with Gasteiger partial charge in [0.05, 0.1) is 17.3 Å². The van der Waals surface area contributed by atoms with Crippen LogP contribution in [-0.4, -0.2) is 14.7 Å². The summed E-state index contributed by atoms with van der Waals surface area (Å²) in [6.45, 7) is 2.01. The Kier molecular flexibility index (Phi) is 5.61. The van der Waals surface area contributed by atoms with Crippen molar-refractivity contribution in [2.75, 3.05) is 4.90 Å². The van der Waals surface area contributed by atoms with Crippen LogP contribution < -0.4 is 10.2 Å². The van der Waals surface area contributed by atoms with E-state index in [1.807, 2.05) is 66.4 Å². The number of benzene rings is 2. The molecule has 4 aromatic rings. The van der Waals surface area contributed by atoms with Crippen LogP contribution >= 0.6 is 12.2 Å². The summed E-state index contributed by atoms with van der Waals surface area (Å²) in [4.78, 5) is 6.56. The molecule has 2 aromatic heterocycles. The van der Waals surface area contributed by atoms with Gasteiger partial charge in [-0.05, 0) is 79.3 Å². The molecule has 34 heavy (non-hydrogen) atoms. The molecule has 0 amide bonds. The Morgan fingerprint density at radius 2 is 1.71 bits per heavy atom. The topological polar surface area (TPSA) is 33.1 Å². The van der Waals surface area contributed by atoms with Crippen LogP contribution in [0, 0.1) is 6.92 Å². The van der Waals surface area contributed by atoms with E-state index in [0.29, 0.717) is 10.8 Å². The highest BCUT2D eigenvalue weighted by Crippen LogP contribution is 2.42. The molecule has 0 unspecified atom stereocenters.